The molecule has 1 amide bonds. The zero-order valence-electron chi connectivity index (χ0n) is 17.6. The van der Waals surface area contributed by atoms with Gasteiger partial charge in [-0.15, -0.1) is 0 Å². The summed E-state index contributed by atoms with van der Waals surface area (Å²) in [5.41, 5.74) is 3.29. The van der Waals surface area contributed by atoms with E-state index in [9.17, 15) is 4.79 Å². The molecule has 3 aliphatic heterocycles. The average molecular weight is 406 g/mol. The first-order valence-corrected chi connectivity index (χ1v) is 11.0. The van der Waals surface area contributed by atoms with E-state index in [1.54, 1.807) is 0 Å². The van der Waals surface area contributed by atoms with E-state index >= 15 is 0 Å². The van der Waals surface area contributed by atoms with Crippen molar-refractivity contribution in [1.29, 1.82) is 5.26 Å². The highest BCUT2D eigenvalue weighted by Crippen LogP contribution is 2.22. The molecule has 30 heavy (non-hydrogen) atoms. The molecule has 0 aliphatic carbocycles. The molecule has 1 N–H and O–H groups in total. The summed E-state index contributed by atoms with van der Waals surface area (Å²) < 4.78 is 0. The number of hydrogen-bond acceptors (Lipinski definition) is 5. The van der Waals surface area contributed by atoms with Crippen molar-refractivity contribution in [3.8, 4) is 6.07 Å². The van der Waals surface area contributed by atoms with Crippen LogP contribution in [-0.4, -0.2) is 73.0 Å². The predicted octanol–water partition coefficient (Wildman–Crippen LogP) is 1.96. The van der Waals surface area contributed by atoms with Crippen LogP contribution in [0.1, 0.15) is 24.0 Å². The number of carbonyl (C=O) groups excluding carboxylic acids is 1. The number of nitrogens with one attached hydrogen (secondary N) is 1. The molecule has 6 nitrogen and oxygen atoms in total. The smallest absolute Gasteiger partial charge is 0.225 e. The van der Waals surface area contributed by atoms with E-state index in [0.29, 0.717) is 11.5 Å². The number of piperidine rings is 1. The van der Waals surface area contributed by atoms with E-state index in [-0.39, 0.29) is 5.92 Å². The van der Waals surface area contributed by atoms with Crippen molar-refractivity contribution >= 4 is 5.91 Å². The molecule has 1 aromatic rings. The van der Waals surface area contributed by atoms with Crippen molar-refractivity contribution in [2.45, 2.75) is 19.4 Å². The third-order valence-corrected chi connectivity index (χ3v) is 6.41. The number of nitrogens with zero attached hydrogens (tertiary/aromatic N) is 4. The summed E-state index contributed by atoms with van der Waals surface area (Å²) in [5.74, 6) is 0.539. The minimum atomic E-state index is 0.184. The van der Waals surface area contributed by atoms with Crippen molar-refractivity contribution in [2.24, 2.45) is 5.92 Å². The summed E-state index contributed by atoms with van der Waals surface area (Å²) >= 11 is 0. The quantitative estimate of drug-likeness (QED) is 0.811. The molecule has 0 radical (unpaired) electrons. The standard InChI is InChI=1S/C24H31N5O/c25-17-20-1-3-21(4-2-20)18-28-13-15-29(16-14-28)24(30)23-7-11-27(12-8-23)19-22-5-9-26-10-6-22/h1-6,9,23,26H,7-8,10-16,18-19H2. The van der Waals surface area contributed by atoms with E-state index < -0.39 is 0 Å². The second kappa shape index (κ2) is 9.92. The van der Waals surface area contributed by atoms with Crippen molar-refractivity contribution in [2.75, 3.05) is 52.4 Å². The maximum Gasteiger partial charge on any atom is 0.225 e. The summed E-state index contributed by atoms with van der Waals surface area (Å²) in [7, 11) is 0. The second-order valence-electron chi connectivity index (χ2n) is 8.48. The van der Waals surface area contributed by atoms with E-state index in [0.717, 1.165) is 71.7 Å². The van der Waals surface area contributed by atoms with Crippen LogP contribution in [-0.2, 0) is 11.3 Å². The molecule has 0 atom stereocenters. The van der Waals surface area contributed by atoms with E-state index in [1.165, 1.54) is 11.1 Å². The van der Waals surface area contributed by atoms with Crippen LogP contribution in [0.3, 0.4) is 0 Å². The van der Waals surface area contributed by atoms with Gasteiger partial charge in [0.25, 0.3) is 0 Å². The number of rotatable bonds is 5. The first kappa shape index (κ1) is 20.6. The number of carbonyl (C=O) groups is 1. The van der Waals surface area contributed by atoms with Crippen LogP contribution in [0.5, 0.6) is 0 Å². The summed E-state index contributed by atoms with van der Waals surface area (Å²) in [5, 5.41) is 12.1. The van der Waals surface area contributed by atoms with Gasteiger partial charge >= 0.3 is 0 Å². The van der Waals surface area contributed by atoms with E-state index in [4.69, 9.17) is 5.26 Å². The maximum atomic E-state index is 13.0. The summed E-state index contributed by atoms with van der Waals surface area (Å²) in [6, 6.07) is 9.96. The number of benzene rings is 1. The largest absolute Gasteiger partial charge is 0.387 e. The van der Waals surface area contributed by atoms with Crippen molar-refractivity contribution in [1.82, 2.24) is 20.0 Å². The Hall–Kier alpha value is -2.62. The Kier molecular flexibility index (Phi) is 6.83. The molecule has 3 heterocycles. The van der Waals surface area contributed by atoms with E-state index in [2.05, 4.69) is 38.2 Å². The lowest BCUT2D eigenvalue weighted by Gasteiger charge is -2.38. The van der Waals surface area contributed by atoms with Crippen LogP contribution in [0.4, 0.5) is 0 Å². The van der Waals surface area contributed by atoms with Gasteiger partial charge in [0.05, 0.1) is 11.6 Å². The maximum absolute atomic E-state index is 13.0. The van der Waals surface area contributed by atoms with Crippen LogP contribution in [0.2, 0.25) is 0 Å². The Morgan fingerprint density at radius 3 is 2.33 bits per heavy atom. The number of piperazine rings is 1. The Labute approximate surface area is 179 Å². The highest BCUT2D eigenvalue weighted by Gasteiger charge is 2.30. The molecule has 158 valence electrons. The molecular weight excluding hydrogens is 374 g/mol. The Balaban J connectivity index is 1.19. The van der Waals surface area contributed by atoms with Crippen molar-refractivity contribution in [3.63, 3.8) is 0 Å². The van der Waals surface area contributed by atoms with Gasteiger partial charge in [-0.05, 0) is 61.5 Å². The monoisotopic (exact) mass is 405 g/mol. The molecule has 0 bridgehead atoms. The number of nitriles is 1. The molecule has 6 heteroatoms. The van der Waals surface area contributed by atoms with Gasteiger partial charge in [0.15, 0.2) is 0 Å². The van der Waals surface area contributed by atoms with Gasteiger partial charge in [-0.3, -0.25) is 14.6 Å². The van der Waals surface area contributed by atoms with Gasteiger partial charge in [-0.2, -0.15) is 5.26 Å². The topological polar surface area (TPSA) is 62.6 Å². The van der Waals surface area contributed by atoms with Gasteiger partial charge in [-0.25, -0.2) is 0 Å². The highest BCUT2D eigenvalue weighted by molar-refractivity contribution is 5.79. The van der Waals surface area contributed by atoms with Gasteiger partial charge in [-0.1, -0.05) is 18.2 Å². The first-order chi connectivity index (χ1) is 14.7. The highest BCUT2D eigenvalue weighted by atomic mass is 16.2. The fourth-order valence-corrected chi connectivity index (χ4v) is 4.53. The van der Waals surface area contributed by atoms with Crippen LogP contribution in [0, 0.1) is 17.2 Å². The van der Waals surface area contributed by atoms with E-state index in [1.807, 2.05) is 30.5 Å². The summed E-state index contributed by atoms with van der Waals surface area (Å²) in [6.07, 6.45) is 8.36. The van der Waals surface area contributed by atoms with Crippen LogP contribution in [0.25, 0.3) is 0 Å². The van der Waals surface area contributed by atoms with Gasteiger partial charge in [0.2, 0.25) is 5.91 Å². The molecule has 0 saturated carbocycles. The molecule has 2 saturated heterocycles. The Bertz CT molecular complexity index is 822. The van der Waals surface area contributed by atoms with Crippen molar-refractivity contribution in [3.05, 3.63) is 59.3 Å². The van der Waals surface area contributed by atoms with Gasteiger partial charge in [0.1, 0.15) is 0 Å². The molecule has 3 aliphatic rings. The second-order valence-corrected chi connectivity index (χ2v) is 8.48. The molecule has 0 spiro atoms. The number of hydrogen-bond donors (Lipinski definition) is 1. The third-order valence-electron chi connectivity index (χ3n) is 6.41. The molecule has 0 aromatic heterocycles. The van der Waals surface area contributed by atoms with Gasteiger partial charge in [0, 0.05) is 51.7 Å². The molecule has 2 fully saturated rings. The zero-order chi connectivity index (χ0) is 20.8. The lowest BCUT2D eigenvalue weighted by molar-refractivity contribution is -0.138. The SMILES string of the molecule is N#Cc1ccc(CN2CCN(C(=O)C3CCN(CC4=CCNC=C4)CC3)CC2)cc1. The van der Waals surface area contributed by atoms with Gasteiger partial charge < -0.3 is 10.2 Å². The Morgan fingerprint density at radius 2 is 1.70 bits per heavy atom. The Morgan fingerprint density at radius 1 is 1.00 bits per heavy atom. The zero-order valence-corrected chi connectivity index (χ0v) is 17.6. The lowest BCUT2D eigenvalue weighted by Crippen LogP contribution is -2.51. The molecule has 4 rings (SSSR count). The number of dihydropyridines is 1. The molecule has 0 unspecified atom stereocenters. The lowest BCUT2D eigenvalue weighted by atomic mass is 9.94. The van der Waals surface area contributed by atoms with Crippen LogP contribution >= 0.6 is 0 Å². The molecule has 1 aromatic carbocycles. The average Bonchev–Trinajstić information content (AvgIpc) is 2.81. The first-order valence-electron chi connectivity index (χ1n) is 11.0. The third kappa shape index (κ3) is 5.29. The normalized spacial score (nSPS) is 21.0. The minimum Gasteiger partial charge on any atom is -0.387 e. The molecular formula is C24H31N5O. The predicted molar refractivity (Wildman–Crippen MR) is 117 cm³/mol. The summed E-state index contributed by atoms with van der Waals surface area (Å²) in [6.45, 7) is 8.27. The number of likely N-dealkylation sites (tertiary alicyclic amines) is 1. The fourth-order valence-electron chi connectivity index (χ4n) is 4.53. The van der Waals surface area contributed by atoms with Crippen molar-refractivity contribution < 1.29 is 4.79 Å². The van der Waals surface area contributed by atoms with Crippen LogP contribution in [0.15, 0.2) is 48.2 Å². The number of amides is 1. The summed E-state index contributed by atoms with van der Waals surface area (Å²) in [4.78, 5) is 20.0. The minimum absolute atomic E-state index is 0.184. The van der Waals surface area contributed by atoms with Crippen LogP contribution < -0.4 is 5.32 Å². The fraction of sp³-hybridized carbons (Fsp3) is 0.500.